The number of carboxylic acid groups (broad SMARTS) is 4. The zero-order valence-electron chi connectivity index (χ0n) is 13.6. The van der Waals surface area contributed by atoms with Gasteiger partial charge >= 0.3 is 94.6 Å². The molecule has 8 nitrogen and oxygen atoms in total. The van der Waals surface area contributed by atoms with E-state index in [1.54, 1.807) is 0 Å². The first-order chi connectivity index (χ1) is 10.2. The second kappa shape index (κ2) is 10.7. The Morgan fingerprint density at radius 3 is 1.32 bits per heavy atom. The van der Waals surface area contributed by atoms with Gasteiger partial charge in [0.1, 0.15) is 0 Å². The molecule has 112 valence electrons. The Hall–Kier alpha value is -0.420. The van der Waals surface area contributed by atoms with Crippen LogP contribution in [0.3, 0.4) is 0 Å². The minimum absolute atomic E-state index is 0. The molecule has 0 bridgehead atoms. The average molecular weight is 370 g/mol. The molecule has 0 amide bonds. The van der Waals surface area contributed by atoms with Crippen molar-refractivity contribution in [3.05, 3.63) is 46.5 Å². The zero-order chi connectivity index (χ0) is 16.6. The van der Waals surface area contributed by atoms with Gasteiger partial charge in [0, 0.05) is 5.56 Å². The van der Waals surface area contributed by atoms with Gasteiger partial charge < -0.3 is 34.8 Å². The number of rotatable bonds is 4. The molecular weight excluding hydrogens is 365 g/mol. The summed E-state index contributed by atoms with van der Waals surface area (Å²) in [5.74, 6) is -6.78. The van der Waals surface area contributed by atoms with Crippen molar-refractivity contribution in [2.75, 3.05) is 0 Å². The fourth-order valence-corrected chi connectivity index (χ4v) is 2.04. The molecule has 25 heavy (non-hydrogen) atoms. The number of carboxylic acids is 4. The predicted molar refractivity (Wildman–Crippen MR) is 63.9 cm³/mol. The minimum atomic E-state index is -1.79. The van der Waals surface area contributed by atoms with Crippen molar-refractivity contribution >= 4 is 34.6 Å². The van der Waals surface area contributed by atoms with Crippen molar-refractivity contribution in [3.63, 3.8) is 0 Å². The molecule has 0 fully saturated rings. The van der Waals surface area contributed by atoms with E-state index >= 15 is 0 Å². The van der Waals surface area contributed by atoms with E-state index < -0.39 is 46.1 Å². The summed E-state index contributed by atoms with van der Waals surface area (Å²) >= 11 is 0. The molecule has 0 saturated carbocycles. The SMILES string of the molecule is O=C([O-])c1cc(C(=O)O)c2cc(C(=O)[O-])cc(C(=O)[O-])c2c1.[Na+].[Na+].[Na+]. The van der Waals surface area contributed by atoms with Gasteiger partial charge in [0.15, 0.2) is 0 Å². The maximum Gasteiger partial charge on any atom is 1.00 e. The van der Waals surface area contributed by atoms with Crippen LogP contribution in [0.1, 0.15) is 41.4 Å². The van der Waals surface area contributed by atoms with Gasteiger partial charge in [0.05, 0.1) is 23.5 Å². The van der Waals surface area contributed by atoms with E-state index in [-0.39, 0.29) is 99.4 Å². The molecule has 1 N–H and O–H groups in total. The molecule has 0 aliphatic rings. The summed E-state index contributed by atoms with van der Waals surface area (Å²) in [5.41, 5.74) is -2.38. The Morgan fingerprint density at radius 1 is 0.640 bits per heavy atom. The monoisotopic (exact) mass is 370 g/mol. The minimum Gasteiger partial charge on any atom is -0.545 e. The topological polar surface area (TPSA) is 158 Å². The standard InChI is InChI=1S/C14H8O8.3Na/c15-11(16)5-1-7-8(10(3-5)14(21)22)2-6(12(17)18)4-9(7)13(19)20;;;/h1-4H,(H,15,16)(H,17,18)(H,19,20)(H,21,22);;;/q;3*+1/p-3. The molecule has 11 heteroatoms. The normalized spacial score (nSPS) is 9.12. The van der Waals surface area contributed by atoms with Gasteiger partial charge in [-0.25, -0.2) is 4.79 Å². The molecule has 0 unspecified atom stereocenters. The molecule has 0 spiro atoms. The summed E-state index contributed by atoms with van der Waals surface area (Å²) in [6.07, 6.45) is 0. The van der Waals surface area contributed by atoms with Crippen LogP contribution < -0.4 is 104 Å². The second-order valence-corrected chi connectivity index (χ2v) is 4.31. The summed E-state index contributed by atoms with van der Waals surface area (Å²) < 4.78 is 0. The fourth-order valence-electron chi connectivity index (χ4n) is 2.04. The number of hydrogen-bond donors (Lipinski definition) is 1. The maximum atomic E-state index is 11.2. The van der Waals surface area contributed by atoms with Gasteiger partial charge in [0.25, 0.3) is 0 Å². The van der Waals surface area contributed by atoms with Crippen molar-refractivity contribution in [1.82, 2.24) is 0 Å². The van der Waals surface area contributed by atoms with Crippen LogP contribution >= 0.6 is 0 Å². The molecule has 0 atom stereocenters. The molecule has 0 radical (unpaired) electrons. The van der Waals surface area contributed by atoms with E-state index in [9.17, 15) is 34.5 Å². The molecule has 0 heterocycles. The number of hydrogen-bond acceptors (Lipinski definition) is 7. The van der Waals surface area contributed by atoms with E-state index in [1.165, 1.54) is 0 Å². The first-order valence-electron chi connectivity index (χ1n) is 5.71. The molecule has 0 aliphatic carbocycles. The Morgan fingerprint density at radius 2 is 1.00 bits per heavy atom. The Labute approximate surface area is 207 Å². The smallest absolute Gasteiger partial charge is 0.545 e. The third-order valence-electron chi connectivity index (χ3n) is 2.99. The van der Waals surface area contributed by atoms with Crippen LogP contribution in [-0.4, -0.2) is 29.0 Å². The Balaban J connectivity index is 0. The Kier molecular flexibility index (Phi) is 11.4. The number of carbonyl (C=O) groups is 4. The van der Waals surface area contributed by atoms with Crippen LogP contribution in [-0.2, 0) is 0 Å². The largest absolute Gasteiger partial charge is 1.00 e. The van der Waals surface area contributed by atoms with Crippen LogP contribution in [0.2, 0.25) is 0 Å². The van der Waals surface area contributed by atoms with Crippen molar-refractivity contribution < 1.29 is 128 Å². The van der Waals surface area contributed by atoms with Gasteiger partial charge in [-0.3, -0.25) is 0 Å². The third-order valence-corrected chi connectivity index (χ3v) is 2.99. The van der Waals surface area contributed by atoms with Crippen LogP contribution in [0.25, 0.3) is 10.8 Å². The van der Waals surface area contributed by atoms with Crippen LogP contribution in [0.15, 0.2) is 24.3 Å². The number of fused-ring (bicyclic) bond motifs is 1. The first-order valence-corrected chi connectivity index (χ1v) is 5.71. The molecule has 0 aliphatic heterocycles. The van der Waals surface area contributed by atoms with Gasteiger partial charge in [-0.2, -0.15) is 0 Å². The number of carbonyl (C=O) groups excluding carboxylic acids is 3. The summed E-state index contributed by atoms with van der Waals surface area (Å²) in [7, 11) is 0. The van der Waals surface area contributed by atoms with Crippen molar-refractivity contribution in [2.24, 2.45) is 0 Å². The second-order valence-electron chi connectivity index (χ2n) is 4.31. The Bertz CT molecular complexity index is 792. The molecule has 2 aromatic rings. The van der Waals surface area contributed by atoms with Gasteiger partial charge in [-0.05, 0) is 46.2 Å². The van der Waals surface area contributed by atoms with Gasteiger partial charge in [-0.1, -0.05) is 0 Å². The molecule has 0 aromatic heterocycles. The van der Waals surface area contributed by atoms with E-state index in [1.807, 2.05) is 0 Å². The van der Waals surface area contributed by atoms with E-state index in [0.29, 0.717) is 6.07 Å². The van der Waals surface area contributed by atoms with Crippen molar-refractivity contribution in [2.45, 2.75) is 0 Å². The fraction of sp³-hybridized carbons (Fsp3) is 0. The van der Waals surface area contributed by atoms with E-state index in [4.69, 9.17) is 5.11 Å². The van der Waals surface area contributed by atoms with Gasteiger partial charge in [0.2, 0.25) is 0 Å². The van der Waals surface area contributed by atoms with Crippen molar-refractivity contribution in [3.8, 4) is 0 Å². The van der Waals surface area contributed by atoms with Crippen LogP contribution in [0, 0.1) is 0 Å². The zero-order valence-corrected chi connectivity index (χ0v) is 19.6. The molecular formula is C14H5Na3O8. The first kappa shape index (κ1) is 26.8. The van der Waals surface area contributed by atoms with Crippen LogP contribution in [0.4, 0.5) is 0 Å². The maximum absolute atomic E-state index is 11.2. The van der Waals surface area contributed by atoms with E-state index in [2.05, 4.69) is 0 Å². The number of aromatic carboxylic acids is 4. The summed E-state index contributed by atoms with van der Waals surface area (Å²) in [5, 5.41) is 41.5. The van der Waals surface area contributed by atoms with Gasteiger partial charge in [-0.15, -0.1) is 0 Å². The quantitative estimate of drug-likeness (QED) is 0.520. The van der Waals surface area contributed by atoms with E-state index in [0.717, 1.165) is 18.2 Å². The number of benzene rings is 2. The molecule has 0 saturated heterocycles. The average Bonchev–Trinajstić information content (AvgIpc) is 2.44. The summed E-state index contributed by atoms with van der Waals surface area (Å²) in [6.45, 7) is 0. The third kappa shape index (κ3) is 5.78. The van der Waals surface area contributed by atoms with Crippen LogP contribution in [0.5, 0.6) is 0 Å². The summed E-state index contributed by atoms with van der Waals surface area (Å²) in [6, 6.07) is 3.22. The van der Waals surface area contributed by atoms with Crippen molar-refractivity contribution in [1.29, 1.82) is 0 Å². The predicted octanol–water partition coefficient (Wildman–Crippen LogP) is -11.4. The summed E-state index contributed by atoms with van der Waals surface area (Å²) in [4.78, 5) is 44.1. The molecule has 2 rings (SSSR count). The molecule has 2 aromatic carbocycles.